The number of likely N-dealkylation sites (tertiary alicyclic amines) is 1. The number of benzene rings is 1. The lowest BCUT2D eigenvalue weighted by Gasteiger charge is -2.21. The van der Waals surface area contributed by atoms with Crippen LogP contribution in [0.4, 0.5) is 0 Å². The zero-order valence-electron chi connectivity index (χ0n) is 12.2. The molecule has 0 spiro atoms. The zero-order chi connectivity index (χ0) is 14.8. The molecule has 2 aromatic rings. The van der Waals surface area contributed by atoms with Gasteiger partial charge in [-0.3, -0.25) is 4.79 Å². The summed E-state index contributed by atoms with van der Waals surface area (Å²) >= 11 is 5.98. The number of carbonyl (C=O) groups excluding carboxylic acids is 1. The van der Waals surface area contributed by atoms with E-state index in [4.69, 9.17) is 11.6 Å². The van der Waals surface area contributed by atoms with E-state index >= 15 is 0 Å². The molecule has 0 saturated carbocycles. The third-order valence-electron chi connectivity index (χ3n) is 4.12. The highest BCUT2D eigenvalue weighted by atomic mass is 35.5. The smallest absolute Gasteiger partial charge is 0.239 e. The molecule has 1 aromatic heterocycles. The molecular formula is C16H20ClN3O. The van der Waals surface area contributed by atoms with Gasteiger partial charge in [0.25, 0.3) is 0 Å². The van der Waals surface area contributed by atoms with Gasteiger partial charge in [-0.15, -0.1) is 0 Å². The molecule has 0 aliphatic carbocycles. The van der Waals surface area contributed by atoms with Gasteiger partial charge in [0.05, 0.1) is 6.04 Å². The van der Waals surface area contributed by atoms with Gasteiger partial charge < -0.3 is 15.2 Å². The minimum Gasteiger partial charge on any atom is -0.361 e. The fourth-order valence-corrected chi connectivity index (χ4v) is 3.04. The van der Waals surface area contributed by atoms with Gasteiger partial charge in [-0.05, 0) is 37.5 Å². The fourth-order valence-electron chi connectivity index (χ4n) is 2.87. The number of hydrogen-bond donors (Lipinski definition) is 2. The number of hydrogen-bond acceptors (Lipinski definition) is 2. The largest absolute Gasteiger partial charge is 0.361 e. The molecule has 1 aliphatic heterocycles. The van der Waals surface area contributed by atoms with Crippen LogP contribution in [-0.4, -0.2) is 34.9 Å². The first kappa shape index (κ1) is 14.4. The van der Waals surface area contributed by atoms with E-state index < -0.39 is 0 Å². The Morgan fingerprint density at radius 3 is 2.95 bits per heavy atom. The van der Waals surface area contributed by atoms with Gasteiger partial charge in [-0.1, -0.05) is 17.7 Å². The predicted octanol–water partition coefficient (Wildman–Crippen LogP) is 2.92. The molecule has 21 heavy (non-hydrogen) atoms. The van der Waals surface area contributed by atoms with Crippen LogP contribution < -0.4 is 5.32 Å². The lowest BCUT2D eigenvalue weighted by molar-refractivity contribution is -0.131. The average Bonchev–Trinajstić information content (AvgIpc) is 3.13. The maximum atomic E-state index is 12.3. The van der Waals surface area contributed by atoms with Crippen LogP contribution in [0.15, 0.2) is 24.4 Å². The van der Waals surface area contributed by atoms with Crippen LogP contribution >= 0.6 is 11.6 Å². The average molecular weight is 306 g/mol. The molecule has 1 fully saturated rings. The van der Waals surface area contributed by atoms with Crippen molar-refractivity contribution in [2.45, 2.75) is 32.4 Å². The molecule has 1 saturated heterocycles. The summed E-state index contributed by atoms with van der Waals surface area (Å²) in [5.74, 6) is 0.204. The van der Waals surface area contributed by atoms with Crippen molar-refractivity contribution in [1.29, 1.82) is 0 Å². The SMILES string of the molecule is CC(NCc1c[nH]c2cc(Cl)ccc12)C(=O)N1CCCC1. The van der Waals surface area contributed by atoms with Gasteiger partial charge in [0, 0.05) is 41.8 Å². The first-order chi connectivity index (χ1) is 10.1. The topological polar surface area (TPSA) is 48.1 Å². The Hall–Kier alpha value is -1.52. The third-order valence-corrected chi connectivity index (χ3v) is 4.35. The van der Waals surface area contributed by atoms with Crippen LogP contribution in [-0.2, 0) is 11.3 Å². The lowest BCUT2D eigenvalue weighted by Crippen LogP contribution is -2.43. The van der Waals surface area contributed by atoms with Crippen molar-refractivity contribution < 1.29 is 4.79 Å². The minimum atomic E-state index is -0.152. The third kappa shape index (κ3) is 3.06. The van der Waals surface area contributed by atoms with Gasteiger partial charge in [0.15, 0.2) is 0 Å². The molecule has 1 atom stereocenters. The van der Waals surface area contributed by atoms with Gasteiger partial charge in [0.2, 0.25) is 5.91 Å². The summed E-state index contributed by atoms with van der Waals surface area (Å²) < 4.78 is 0. The quantitative estimate of drug-likeness (QED) is 0.912. The van der Waals surface area contributed by atoms with E-state index in [2.05, 4.69) is 10.3 Å². The highest BCUT2D eigenvalue weighted by molar-refractivity contribution is 6.31. The number of H-pyrrole nitrogens is 1. The predicted molar refractivity (Wildman–Crippen MR) is 85.4 cm³/mol. The van der Waals surface area contributed by atoms with Crippen molar-refractivity contribution in [1.82, 2.24) is 15.2 Å². The van der Waals surface area contributed by atoms with Crippen LogP contribution in [0.2, 0.25) is 5.02 Å². The van der Waals surface area contributed by atoms with Gasteiger partial charge in [-0.25, -0.2) is 0 Å². The van der Waals surface area contributed by atoms with E-state index in [1.54, 1.807) is 0 Å². The van der Waals surface area contributed by atoms with Gasteiger partial charge >= 0.3 is 0 Å². The highest BCUT2D eigenvalue weighted by Gasteiger charge is 2.22. The van der Waals surface area contributed by atoms with Crippen molar-refractivity contribution >= 4 is 28.4 Å². The number of amides is 1. The maximum Gasteiger partial charge on any atom is 0.239 e. The number of fused-ring (bicyclic) bond motifs is 1. The number of carbonyl (C=O) groups is 1. The highest BCUT2D eigenvalue weighted by Crippen LogP contribution is 2.22. The maximum absolute atomic E-state index is 12.3. The number of nitrogens with one attached hydrogen (secondary N) is 2. The van der Waals surface area contributed by atoms with Crippen molar-refractivity contribution in [3.8, 4) is 0 Å². The Morgan fingerprint density at radius 2 is 2.19 bits per heavy atom. The summed E-state index contributed by atoms with van der Waals surface area (Å²) in [6.45, 7) is 4.40. The molecule has 1 aliphatic rings. The van der Waals surface area contributed by atoms with Gasteiger partial charge in [-0.2, -0.15) is 0 Å². The summed E-state index contributed by atoms with van der Waals surface area (Å²) in [6, 6.07) is 5.66. The monoisotopic (exact) mass is 305 g/mol. The Bertz CT molecular complexity index is 646. The number of nitrogens with zero attached hydrogens (tertiary/aromatic N) is 1. The summed E-state index contributed by atoms with van der Waals surface area (Å²) in [4.78, 5) is 17.4. The molecule has 4 nitrogen and oxygen atoms in total. The molecule has 1 aromatic carbocycles. The van der Waals surface area contributed by atoms with Crippen LogP contribution in [0.3, 0.4) is 0 Å². The van der Waals surface area contributed by atoms with E-state index in [1.807, 2.05) is 36.2 Å². The van der Waals surface area contributed by atoms with Crippen LogP contribution in [0.25, 0.3) is 10.9 Å². The first-order valence-electron chi connectivity index (χ1n) is 7.43. The summed E-state index contributed by atoms with van der Waals surface area (Å²) in [6.07, 6.45) is 4.23. The second kappa shape index (κ2) is 6.08. The normalized spacial score (nSPS) is 16.6. The van der Waals surface area contributed by atoms with Crippen molar-refractivity contribution in [3.63, 3.8) is 0 Å². The Balaban J connectivity index is 1.64. The fraction of sp³-hybridized carbons (Fsp3) is 0.438. The molecule has 3 rings (SSSR count). The molecule has 0 bridgehead atoms. The zero-order valence-corrected chi connectivity index (χ0v) is 12.9. The number of rotatable bonds is 4. The lowest BCUT2D eigenvalue weighted by atomic mass is 10.1. The summed E-state index contributed by atoms with van der Waals surface area (Å²) in [5, 5.41) is 5.19. The van der Waals surface area contributed by atoms with Gasteiger partial charge in [0.1, 0.15) is 0 Å². The first-order valence-corrected chi connectivity index (χ1v) is 7.80. The van der Waals surface area contributed by atoms with Crippen LogP contribution in [0, 0.1) is 0 Å². The van der Waals surface area contributed by atoms with Crippen LogP contribution in [0.1, 0.15) is 25.3 Å². The molecule has 5 heteroatoms. The molecule has 0 radical (unpaired) electrons. The second-order valence-electron chi connectivity index (χ2n) is 5.64. The minimum absolute atomic E-state index is 0.152. The van der Waals surface area contributed by atoms with E-state index in [0.29, 0.717) is 6.54 Å². The number of halogens is 1. The second-order valence-corrected chi connectivity index (χ2v) is 6.08. The molecule has 2 heterocycles. The molecule has 2 N–H and O–H groups in total. The van der Waals surface area contributed by atoms with Crippen molar-refractivity contribution in [2.24, 2.45) is 0 Å². The van der Waals surface area contributed by atoms with Crippen LogP contribution in [0.5, 0.6) is 0 Å². The number of aromatic amines is 1. The molecule has 1 amide bonds. The van der Waals surface area contributed by atoms with E-state index in [1.165, 1.54) is 0 Å². The Labute approximate surface area is 129 Å². The summed E-state index contributed by atoms with van der Waals surface area (Å²) in [7, 11) is 0. The number of aromatic nitrogens is 1. The molecule has 112 valence electrons. The van der Waals surface area contributed by atoms with E-state index in [-0.39, 0.29) is 11.9 Å². The van der Waals surface area contributed by atoms with Crippen molar-refractivity contribution in [2.75, 3.05) is 13.1 Å². The molecule has 1 unspecified atom stereocenters. The Kier molecular flexibility index (Phi) is 4.17. The van der Waals surface area contributed by atoms with E-state index in [9.17, 15) is 4.79 Å². The summed E-state index contributed by atoms with van der Waals surface area (Å²) in [5.41, 5.74) is 2.18. The van der Waals surface area contributed by atoms with E-state index in [0.717, 1.165) is 47.4 Å². The standard InChI is InChI=1S/C16H20ClN3O/c1-11(16(21)20-6-2-3-7-20)18-9-12-10-19-15-8-13(17)4-5-14(12)15/h4-5,8,10-11,18-19H,2-3,6-7,9H2,1H3. The molecular weight excluding hydrogens is 286 g/mol. The Morgan fingerprint density at radius 1 is 1.43 bits per heavy atom. The van der Waals surface area contributed by atoms with Crippen molar-refractivity contribution in [3.05, 3.63) is 35.0 Å².